The van der Waals surface area contributed by atoms with Crippen molar-refractivity contribution in [1.82, 2.24) is 9.47 Å². The molecule has 1 aliphatic heterocycles. The fourth-order valence-corrected chi connectivity index (χ4v) is 6.10. The number of aliphatic hydroxyl groups is 1. The van der Waals surface area contributed by atoms with E-state index in [1.807, 2.05) is 11.9 Å². The van der Waals surface area contributed by atoms with Crippen molar-refractivity contribution in [1.29, 1.82) is 0 Å². The van der Waals surface area contributed by atoms with Crippen molar-refractivity contribution < 1.29 is 47.7 Å². The number of carbonyl (C=O) groups is 1. The molecule has 5 N–H and O–H groups in total. The molecule has 0 amide bonds. The van der Waals surface area contributed by atoms with Crippen LogP contribution in [0.4, 0.5) is 10.1 Å². The highest BCUT2D eigenvalue weighted by molar-refractivity contribution is 7.72. The van der Waals surface area contributed by atoms with E-state index >= 15 is 4.39 Å². The number of hydrogen-bond donors (Lipinski definition) is 5. The van der Waals surface area contributed by atoms with Gasteiger partial charge in [0.2, 0.25) is 5.43 Å². The normalized spacial score (nSPS) is 15.9. The zero-order chi connectivity index (χ0) is 27.1. The van der Waals surface area contributed by atoms with Gasteiger partial charge >= 0.3 is 21.2 Å². The van der Waals surface area contributed by atoms with Crippen LogP contribution in [-0.4, -0.2) is 85.0 Å². The Morgan fingerprint density at radius 1 is 1.11 bits per heavy atom. The Morgan fingerprint density at radius 3 is 2.22 bits per heavy atom. The van der Waals surface area contributed by atoms with Gasteiger partial charge in [-0.05, 0) is 26.1 Å². The Hall–Kier alpha value is -2.15. The van der Waals surface area contributed by atoms with Crippen molar-refractivity contribution >= 4 is 37.8 Å². The third-order valence-electron chi connectivity index (χ3n) is 6.11. The predicted octanol–water partition coefficient (Wildman–Crippen LogP) is 0.461. The molecule has 36 heavy (non-hydrogen) atoms. The minimum Gasteiger partial charge on any atom is -0.462 e. The average molecular weight is 551 g/mol. The number of piperazine rings is 1. The fourth-order valence-electron chi connectivity index (χ4n) is 3.96. The molecule has 2 aromatic rings. The minimum absolute atomic E-state index is 0.0298. The van der Waals surface area contributed by atoms with Crippen molar-refractivity contribution in [3.05, 3.63) is 39.9 Å². The number of halogens is 1. The van der Waals surface area contributed by atoms with Crippen LogP contribution in [0.25, 0.3) is 10.9 Å². The van der Waals surface area contributed by atoms with Crippen LogP contribution in [-0.2, 0) is 20.4 Å². The Balaban J connectivity index is 2.19. The highest BCUT2D eigenvalue weighted by Gasteiger charge is 2.58. The summed E-state index contributed by atoms with van der Waals surface area (Å²) in [5, 5.41) is 6.32. The summed E-state index contributed by atoms with van der Waals surface area (Å²) in [7, 11) is -9.59. The molecule has 1 aromatic carbocycles. The third kappa shape index (κ3) is 5.41. The molecule has 3 rings (SSSR count). The standard InChI is InChI=1S/C20H28FN3O10P2/c1-3-34-19(26)14-12-24(5-4-20(27,35(28,29)30)36(31,32)33)16-11-17(15(21)10-13(16)18(14)25)23-8-6-22(2)7-9-23/h10-12,27H,3-9H2,1-2H3,(H2,28,29,30)(H2,31,32,33). The monoisotopic (exact) mass is 551 g/mol. The van der Waals surface area contributed by atoms with Crippen LogP contribution in [0.15, 0.2) is 23.1 Å². The molecule has 0 saturated carbocycles. The average Bonchev–Trinajstić information content (AvgIpc) is 2.77. The van der Waals surface area contributed by atoms with Gasteiger partial charge in [0, 0.05) is 50.7 Å². The van der Waals surface area contributed by atoms with Crippen LogP contribution in [0.2, 0.25) is 0 Å². The predicted molar refractivity (Wildman–Crippen MR) is 127 cm³/mol. The van der Waals surface area contributed by atoms with Gasteiger partial charge in [-0.1, -0.05) is 0 Å². The molecule has 16 heteroatoms. The number of carbonyl (C=O) groups excluding carboxylic acids is 1. The second-order valence-corrected chi connectivity index (χ2v) is 12.5. The summed E-state index contributed by atoms with van der Waals surface area (Å²) in [4.78, 5) is 67.0. The molecule has 0 spiro atoms. The Morgan fingerprint density at radius 2 is 1.69 bits per heavy atom. The Bertz CT molecular complexity index is 1290. The maximum absolute atomic E-state index is 15.1. The lowest BCUT2D eigenvalue weighted by Crippen LogP contribution is -2.44. The van der Waals surface area contributed by atoms with Crippen molar-refractivity contribution in [3.8, 4) is 0 Å². The van der Waals surface area contributed by atoms with Crippen molar-refractivity contribution in [2.75, 3.05) is 44.7 Å². The maximum Gasteiger partial charge on any atom is 0.369 e. The van der Waals surface area contributed by atoms with E-state index in [1.165, 1.54) is 13.0 Å². The molecule has 1 saturated heterocycles. The van der Waals surface area contributed by atoms with Gasteiger partial charge in [-0.2, -0.15) is 0 Å². The van der Waals surface area contributed by atoms with Crippen LogP contribution >= 0.6 is 15.2 Å². The maximum atomic E-state index is 15.1. The van der Waals surface area contributed by atoms with Crippen LogP contribution in [0, 0.1) is 5.82 Å². The summed E-state index contributed by atoms with van der Waals surface area (Å²) in [5.41, 5.74) is -1.22. The number of likely N-dealkylation sites (N-methyl/N-ethyl adjacent to an activating group) is 1. The lowest BCUT2D eigenvalue weighted by Gasteiger charge is -2.34. The molecular formula is C20H28FN3O10P2. The summed E-state index contributed by atoms with van der Waals surface area (Å²) >= 11 is 0. The molecular weight excluding hydrogens is 523 g/mol. The lowest BCUT2D eigenvalue weighted by atomic mass is 10.1. The zero-order valence-corrected chi connectivity index (χ0v) is 21.4. The first-order valence-corrected chi connectivity index (χ1v) is 14.1. The summed E-state index contributed by atoms with van der Waals surface area (Å²) in [6, 6.07) is 2.25. The van der Waals surface area contributed by atoms with E-state index in [1.54, 1.807) is 4.90 Å². The second-order valence-electron chi connectivity index (χ2n) is 8.51. The van der Waals surface area contributed by atoms with Crippen LogP contribution in [0.5, 0.6) is 0 Å². The van der Waals surface area contributed by atoms with E-state index in [-0.39, 0.29) is 23.2 Å². The number of nitrogens with zero attached hydrogens (tertiary/aromatic N) is 3. The molecule has 0 radical (unpaired) electrons. The van der Waals surface area contributed by atoms with Gasteiger partial charge in [-0.25, -0.2) is 9.18 Å². The Kier molecular flexibility index (Phi) is 8.14. The van der Waals surface area contributed by atoms with Crippen molar-refractivity contribution in [2.45, 2.75) is 25.0 Å². The first kappa shape index (κ1) is 28.4. The number of pyridine rings is 1. The smallest absolute Gasteiger partial charge is 0.369 e. The van der Waals surface area contributed by atoms with Crippen molar-refractivity contribution in [3.63, 3.8) is 0 Å². The minimum atomic E-state index is -5.75. The molecule has 1 fully saturated rings. The topological polar surface area (TPSA) is 190 Å². The first-order valence-electron chi connectivity index (χ1n) is 10.9. The van der Waals surface area contributed by atoms with E-state index < -0.39 is 56.0 Å². The van der Waals surface area contributed by atoms with E-state index in [0.29, 0.717) is 26.2 Å². The number of hydrogen-bond acceptors (Lipinski definition) is 8. The van der Waals surface area contributed by atoms with E-state index in [4.69, 9.17) is 4.74 Å². The number of aryl methyl sites for hydroxylation is 1. The molecule has 0 unspecified atom stereocenters. The van der Waals surface area contributed by atoms with Crippen LogP contribution in [0.1, 0.15) is 23.7 Å². The number of esters is 1. The van der Waals surface area contributed by atoms with E-state index in [0.717, 1.165) is 16.8 Å². The molecule has 0 atom stereocenters. The molecule has 200 valence electrons. The van der Waals surface area contributed by atoms with Gasteiger partial charge in [-0.15, -0.1) is 0 Å². The van der Waals surface area contributed by atoms with Gasteiger partial charge in [0.25, 0.3) is 5.08 Å². The molecule has 0 bridgehead atoms. The molecule has 13 nitrogen and oxygen atoms in total. The zero-order valence-electron chi connectivity index (χ0n) is 19.6. The van der Waals surface area contributed by atoms with Crippen LogP contribution in [0.3, 0.4) is 0 Å². The summed E-state index contributed by atoms with van der Waals surface area (Å²) in [5.74, 6) is -1.78. The summed E-state index contributed by atoms with van der Waals surface area (Å²) in [6.45, 7) is 3.00. The van der Waals surface area contributed by atoms with E-state index in [2.05, 4.69) is 0 Å². The van der Waals surface area contributed by atoms with Gasteiger partial charge in [0.05, 0.1) is 17.8 Å². The van der Waals surface area contributed by atoms with Gasteiger partial charge < -0.3 is 43.8 Å². The fraction of sp³-hybridized carbons (Fsp3) is 0.500. The lowest BCUT2D eigenvalue weighted by molar-refractivity contribution is 0.0523. The quantitative estimate of drug-likeness (QED) is 0.225. The summed E-state index contributed by atoms with van der Waals surface area (Å²) < 4.78 is 44.7. The highest BCUT2D eigenvalue weighted by Crippen LogP contribution is 2.69. The van der Waals surface area contributed by atoms with Gasteiger partial charge in [-0.3, -0.25) is 13.9 Å². The third-order valence-corrected chi connectivity index (χ3v) is 9.99. The highest BCUT2D eigenvalue weighted by atomic mass is 31.2. The van der Waals surface area contributed by atoms with Gasteiger partial charge in [0.15, 0.2) is 0 Å². The summed E-state index contributed by atoms with van der Waals surface area (Å²) in [6.07, 6.45) is -0.156. The number of anilines is 1. The molecule has 0 aliphatic carbocycles. The molecule has 1 aliphatic rings. The largest absolute Gasteiger partial charge is 0.462 e. The number of rotatable bonds is 8. The first-order chi connectivity index (χ1) is 16.6. The van der Waals surface area contributed by atoms with Gasteiger partial charge in [0.1, 0.15) is 11.4 Å². The van der Waals surface area contributed by atoms with Crippen LogP contribution < -0.4 is 10.3 Å². The van der Waals surface area contributed by atoms with Crippen molar-refractivity contribution in [2.24, 2.45) is 0 Å². The number of fused-ring (bicyclic) bond motifs is 1. The molecule has 1 aromatic heterocycles. The molecule has 2 heterocycles. The number of ether oxygens (including phenoxy) is 1. The second kappa shape index (κ2) is 10.3. The number of benzene rings is 1. The number of aromatic nitrogens is 1. The SMILES string of the molecule is CCOC(=O)c1cn(CCC(O)(P(=O)(O)O)P(=O)(O)O)c2cc(N3CCN(C)CC3)c(F)cc2c1=O. The van der Waals surface area contributed by atoms with E-state index in [9.17, 15) is 43.4 Å². The Labute approximate surface area is 205 Å².